The number of thioether (sulfide) groups is 2. The van der Waals surface area contributed by atoms with Crippen LogP contribution in [0.25, 0.3) is 0 Å². The van der Waals surface area contributed by atoms with Crippen LogP contribution in [0, 0.1) is 83.1 Å². The number of nitrogens with one attached hydrogen (secondary N) is 2. The van der Waals surface area contributed by atoms with E-state index in [1.54, 1.807) is 104 Å². The van der Waals surface area contributed by atoms with Gasteiger partial charge >= 0.3 is 6.18 Å². The Labute approximate surface area is 815 Å². The lowest BCUT2D eigenvalue weighted by atomic mass is 9.87. The van der Waals surface area contributed by atoms with Gasteiger partial charge in [-0.15, -0.1) is 68.4 Å². The number of aryl methyl sites for hydroxylation is 12. The summed E-state index contributed by atoms with van der Waals surface area (Å²) in [4.78, 5) is 96.5. The number of thiophene rings is 5. The Bertz CT molecular complexity index is 5430. The number of hydrogen-bond acceptors (Lipinski definition) is 22. The molecule has 0 saturated heterocycles. The standard InChI is InChI=1S/C13H13NO2S.C13H13NOS2.C12H13N3OS.C12H12N2OS.C11H10N2OS2.C11H16.C9H12.C8H7F3.C7H7Br.C7H6Cl2/c2*1-10-2-3-13(17-10)12(15)9-16-8-11-4-6-14-7-5-11;1-9-3-4-11(17-9)10(16)7-13-8-12-14-5-2-6-15-12;1-9-2-3-12(16-9)11(15)8-14-10-4-6-13-7-5-10;1-8-2-3-10(16-8)9(14)6-15-11-4-5-12-7-13-11;1-9-5-7-10(8-6-9)11(2,3)4;1-7-4-5-8(2)9(3)6-7;1-6-2-4-7(5-3-6)8(9,10)11;1-6-2-4-7(8)5-3-6;1-5-2-3-6(8)7(9)4-5/h2*2-7H,8-9H2,1H3;2-6,13H,7-8H2,1H3;2-7H,8H2,1H3,(H,13,14);2-5,7H,6H2,1H3;5-8H,1-4H3;4-6H,1-3H3;2-5H,1H3;2-5H,1H3;2-4H,1H3. The molecule has 15 aromatic rings. The topological polar surface area (TPSA) is 209 Å². The molecule has 0 spiro atoms. The third-order valence-corrected chi connectivity index (χ3v) is 26.3. The van der Waals surface area contributed by atoms with Crippen LogP contribution in [0.3, 0.4) is 0 Å². The number of hydrogen-bond donors (Lipinski definition) is 2. The van der Waals surface area contributed by atoms with E-state index >= 15 is 0 Å². The van der Waals surface area contributed by atoms with Crippen molar-refractivity contribution in [3.05, 3.63) is 411 Å². The normalized spacial score (nSPS) is 10.4. The lowest BCUT2D eigenvalue weighted by Crippen LogP contribution is -2.22. The summed E-state index contributed by atoms with van der Waals surface area (Å²) in [6.07, 6.45) is 12.7. The van der Waals surface area contributed by atoms with Gasteiger partial charge < -0.3 is 15.4 Å². The average molecular weight is 2000 g/mol. The molecule has 15 rings (SSSR count). The van der Waals surface area contributed by atoms with Crippen LogP contribution in [0.5, 0.6) is 0 Å². The Kier molecular flexibility index (Phi) is 49.7. The van der Waals surface area contributed by atoms with E-state index < -0.39 is 11.7 Å². The summed E-state index contributed by atoms with van der Waals surface area (Å²) < 4.78 is 42.3. The van der Waals surface area contributed by atoms with Crippen molar-refractivity contribution in [2.75, 3.05) is 36.5 Å². The summed E-state index contributed by atoms with van der Waals surface area (Å²) in [5.74, 6) is 3.18. The zero-order valence-corrected chi connectivity index (χ0v) is 84.7. The van der Waals surface area contributed by atoms with Crippen LogP contribution in [0.15, 0.2) is 290 Å². The molecule has 0 amide bonds. The van der Waals surface area contributed by atoms with Crippen molar-refractivity contribution in [2.24, 2.45) is 0 Å². The van der Waals surface area contributed by atoms with E-state index in [0.29, 0.717) is 53.6 Å². The van der Waals surface area contributed by atoms with E-state index in [4.69, 9.17) is 27.9 Å². The number of halogens is 6. The zero-order chi connectivity index (χ0) is 95.7. The maximum absolute atomic E-state index is 11.9. The van der Waals surface area contributed by atoms with Gasteiger partial charge in [-0.2, -0.15) is 13.2 Å². The lowest BCUT2D eigenvalue weighted by Gasteiger charge is -2.18. The van der Waals surface area contributed by atoms with Crippen molar-refractivity contribution in [3.8, 4) is 0 Å². The predicted molar refractivity (Wildman–Crippen MR) is 547 cm³/mol. The molecule has 0 aliphatic rings. The van der Waals surface area contributed by atoms with E-state index in [2.05, 4.69) is 171 Å². The Morgan fingerprint density at radius 3 is 1.26 bits per heavy atom. The van der Waals surface area contributed by atoms with Gasteiger partial charge in [0.25, 0.3) is 0 Å². The first-order valence-electron chi connectivity index (χ1n) is 41.3. The number of alkyl halides is 3. The maximum Gasteiger partial charge on any atom is 0.416 e. The van der Waals surface area contributed by atoms with Gasteiger partial charge in [0.2, 0.25) is 0 Å². The molecule has 0 fully saturated rings. The molecule has 10 heterocycles. The van der Waals surface area contributed by atoms with E-state index in [9.17, 15) is 37.1 Å². The van der Waals surface area contributed by atoms with Crippen LogP contribution in [-0.2, 0) is 35.2 Å². The lowest BCUT2D eigenvalue weighted by molar-refractivity contribution is -0.137. The van der Waals surface area contributed by atoms with Gasteiger partial charge in [0.15, 0.2) is 28.9 Å². The average Bonchev–Trinajstić information content (AvgIpc) is 1.65. The molecule has 131 heavy (non-hydrogen) atoms. The van der Waals surface area contributed by atoms with Crippen LogP contribution in [-0.4, -0.2) is 95.0 Å². The summed E-state index contributed by atoms with van der Waals surface area (Å²) >= 11 is 25.4. The Morgan fingerprint density at radius 2 is 0.832 bits per heavy atom. The maximum atomic E-state index is 11.9. The first kappa shape index (κ1) is 110. The zero-order valence-electron chi connectivity index (χ0n) is 75.9. The molecule has 0 atom stereocenters. The van der Waals surface area contributed by atoms with Crippen molar-refractivity contribution >= 4 is 154 Å². The third-order valence-electron chi connectivity index (χ3n) is 17.9. The van der Waals surface area contributed by atoms with Crippen molar-refractivity contribution in [3.63, 3.8) is 0 Å². The highest BCUT2D eigenvalue weighted by atomic mass is 79.9. The smallest absolute Gasteiger partial charge is 0.377 e. The van der Waals surface area contributed by atoms with Gasteiger partial charge in [0.05, 0.1) is 82.8 Å². The molecule has 10 aromatic heterocycles. The molecular formula is C103H109BrCl2F3N9O6S7. The third kappa shape index (κ3) is 45.7. The number of anilines is 1. The van der Waals surface area contributed by atoms with Gasteiger partial charge in [0, 0.05) is 96.1 Å². The summed E-state index contributed by atoms with van der Waals surface area (Å²) in [6.45, 7) is 32.7. The van der Waals surface area contributed by atoms with Crippen LogP contribution in [0.4, 0.5) is 18.9 Å². The molecule has 15 nitrogen and oxygen atoms in total. The molecule has 686 valence electrons. The highest BCUT2D eigenvalue weighted by molar-refractivity contribution is 9.10. The quantitative estimate of drug-likeness (QED) is 0.0347. The molecule has 28 heteroatoms. The molecular weight excluding hydrogens is 1890 g/mol. The first-order chi connectivity index (χ1) is 62.5. The minimum absolute atomic E-state index is 0.0390. The molecule has 5 aromatic carbocycles. The summed E-state index contributed by atoms with van der Waals surface area (Å²) in [5, 5.41) is 8.18. The first-order valence-corrected chi connectivity index (χ1v) is 49.0. The van der Waals surface area contributed by atoms with Gasteiger partial charge in [-0.25, -0.2) is 19.9 Å². The summed E-state index contributed by atoms with van der Waals surface area (Å²) in [6, 6.07) is 68.2. The number of carbonyl (C=O) groups excluding carboxylic acids is 5. The fraction of sp³-hybridized carbons (Fsp3) is 0.243. The summed E-state index contributed by atoms with van der Waals surface area (Å²) in [7, 11) is 0. The highest BCUT2D eigenvalue weighted by Crippen LogP contribution is 2.30. The fourth-order valence-corrected chi connectivity index (χ4v) is 16.9. The number of benzene rings is 5. The van der Waals surface area contributed by atoms with Crippen molar-refractivity contribution in [1.82, 2.24) is 40.2 Å². The second kappa shape index (κ2) is 59.4. The molecule has 0 saturated carbocycles. The van der Waals surface area contributed by atoms with Gasteiger partial charge in [-0.1, -0.05) is 167 Å². The second-order valence-corrected chi connectivity index (χ2v) is 40.5. The van der Waals surface area contributed by atoms with E-state index in [-0.39, 0.29) is 40.9 Å². The van der Waals surface area contributed by atoms with Crippen molar-refractivity contribution < 1.29 is 41.9 Å². The number of nitrogens with zero attached hydrogens (tertiary/aromatic N) is 7. The minimum Gasteiger partial charge on any atom is -0.377 e. The fourth-order valence-electron chi connectivity index (χ4n) is 10.5. The number of Topliss-reactive ketones (excluding diaryl/α,β-unsaturated/α-hetero) is 5. The molecule has 0 aliphatic carbocycles. The number of ether oxygens (including phenoxy) is 1. The monoisotopic (exact) mass is 2000 g/mol. The van der Waals surface area contributed by atoms with Crippen LogP contribution < -0.4 is 10.6 Å². The predicted octanol–water partition coefficient (Wildman–Crippen LogP) is 28.8. The van der Waals surface area contributed by atoms with Crippen LogP contribution >= 0.6 is 119 Å². The Morgan fingerprint density at radius 1 is 0.412 bits per heavy atom. The minimum atomic E-state index is -4.21. The van der Waals surface area contributed by atoms with Crippen LogP contribution in [0.2, 0.25) is 10.0 Å². The van der Waals surface area contributed by atoms with Crippen molar-refractivity contribution in [2.45, 2.75) is 139 Å². The molecule has 0 unspecified atom stereocenters. The van der Waals surface area contributed by atoms with Gasteiger partial charge in [-0.3, -0.25) is 38.9 Å². The number of rotatable bonds is 23. The largest absolute Gasteiger partial charge is 0.416 e. The van der Waals surface area contributed by atoms with Crippen LogP contribution in [0.1, 0.15) is 161 Å². The number of carbonyl (C=O) groups is 5. The van der Waals surface area contributed by atoms with Crippen molar-refractivity contribution in [1.29, 1.82) is 0 Å². The van der Waals surface area contributed by atoms with E-state index in [0.717, 1.165) is 93.7 Å². The molecule has 0 radical (unpaired) electrons. The summed E-state index contributed by atoms with van der Waals surface area (Å²) in [5.41, 5.74) is 12.9. The molecule has 2 N–H and O–H groups in total. The number of pyridine rings is 3. The molecule has 0 bridgehead atoms. The van der Waals surface area contributed by atoms with E-state index in [1.807, 2.05) is 163 Å². The SMILES string of the molecule is Cc1ccc(Br)cc1.Cc1ccc(C(=O)CNCc2ncccn2)s1.Cc1ccc(C(=O)CNc2ccncc2)s1.Cc1ccc(C(=O)COCc2ccncc2)s1.Cc1ccc(C(=O)CSCc2ccncc2)s1.Cc1ccc(C(=O)CSc2ccncn2)s1.Cc1ccc(C(C)(C)C)cc1.Cc1ccc(C(F)(F)F)cc1.Cc1ccc(C)c(C)c1.Cc1ccc(Cl)c(Cl)c1. The Hall–Kier alpha value is -10.2. The molecule has 0 aliphatic heterocycles. The number of aromatic nitrogens is 7. The van der Waals surface area contributed by atoms with Gasteiger partial charge in [-0.05, 0) is 267 Å². The Balaban J connectivity index is 0.000000226. The van der Waals surface area contributed by atoms with E-state index in [1.165, 1.54) is 119 Å². The van der Waals surface area contributed by atoms with Gasteiger partial charge in [0.1, 0.15) is 18.8 Å². The second-order valence-electron chi connectivity index (χ2n) is 30.3. The highest BCUT2D eigenvalue weighted by Gasteiger charge is 2.30. The number of ketones is 5.